The van der Waals surface area contributed by atoms with E-state index in [0.717, 1.165) is 55.5 Å². The first-order valence-corrected chi connectivity index (χ1v) is 9.44. The highest BCUT2D eigenvalue weighted by molar-refractivity contribution is 6.20. The molecule has 0 radical (unpaired) electrons. The second-order valence-corrected chi connectivity index (χ2v) is 7.16. The predicted octanol–water partition coefficient (Wildman–Crippen LogP) is 4.03. The molecule has 3 rings (SSSR count). The Kier molecular flexibility index (Phi) is 5.19. The Bertz CT molecular complexity index is 699. The fraction of sp³-hybridized carbons (Fsp3) is 0.571. The van der Waals surface area contributed by atoms with Crippen LogP contribution in [0.4, 0.5) is 0 Å². The molecule has 25 heavy (non-hydrogen) atoms. The number of nitrogens with one attached hydrogen (secondary N) is 1. The van der Waals surface area contributed by atoms with E-state index in [-0.39, 0.29) is 5.97 Å². The van der Waals surface area contributed by atoms with Crippen LogP contribution in [0.1, 0.15) is 61.8 Å². The maximum absolute atomic E-state index is 12.9. The Morgan fingerprint density at radius 1 is 1.20 bits per heavy atom. The van der Waals surface area contributed by atoms with Crippen LogP contribution in [0.3, 0.4) is 0 Å². The second kappa shape index (κ2) is 7.20. The minimum Gasteiger partial charge on any atom is -0.478 e. The zero-order valence-electron chi connectivity index (χ0n) is 15.8. The topological polar surface area (TPSA) is 47.6 Å². The van der Waals surface area contributed by atoms with Gasteiger partial charge >= 0.3 is 5.97 Å². The summed E-state index contributed by atoms with van der Waals surface area (Å²) in [7, 11) is 0. The van der Waals surface area contributed by atoms with Gasteiger partial charge in [0.15, 0.2) is 11.4 Å². The summed E-state index contributed by atoms with van der Waals surface area (Å²) in [5.74, 6) is 0.521. The molecule has 1 N–H and O–H groups in total. The van der Waals surface area contributed by atoms with Crippen LogP contribution in [-0.2, 0) is 20.7 Å². The molecule has 1 aliphatic heterocycles. The van der Waals surface area contributed by atoms with Crippen molar-refractivity contribution in [2.75, 3.05) is 13.3 Å². The molecule has 0 amide bonds. The van der Waals surface area contributed by atoms with Crippen LogP contribution in [0.15, 0.2) is 17.9 Å². The number of ether oxygens (including phenoxy) is 2. The fourth-order valence-electron chi connectivity index (χ4n) is 4.21. The van der Waals surface area contributed by atoms with E-state index in [0.29, 0.717) is 12.3 Å². The molecule has 0 unspecified atom stereocenters. The first-order chi connectivity index (χ1) is 12.0. The van der Waals surface area contributed by atoms with E-state index >= 15 is 0 Å². The Morgan fingerprint density at radius 3 is 2.56 bits per heavy atom. The highest BCUT2D eigenvalue weighted by Crippen LogP contribution is 2.49. The van der Waals surface area contributed by atoms with E-state index < -0.39 is 5.60 Å². The summed E-state index contributed by atoms with van der Waals surface area (Å²) in [5.41, 5.74) is 4.62. The normalized spacial score (nSPS) is 19.0. The molecule has 2 aliphatic rings. The van der Waals surface area contributed by atoms with Crippen molar-refractivity contribution in [2.24, 2.45) is 0 Å². The number of aryl methyl sites for hydroxylation is 3. The molecule has 0 saturated heterocycles. The number of hydrogen-bond acceptors (Lipinski definition) is 4. The van der Waals surface area contributed by atoms with Gasteiger partial charge in [-0.3, -0.25) is 5.32 Å². The van der Waals surface area contributed by atoms with Crippen LogP contribution in [0.2, 0.25) is 0 Å². The molecule has 1 aromatic carbocycles. The molecule has 4 heteroatoms. The van der Waals surface area contributed by atoms with Gasteiger partial charge in [-0.2, -0.15) is 0 Å². The molecule has 1 fully saturated rings. The van der Waals surface area contributed by atoms with E-state index in [4.69, 9.17) is 9.47 Å². The van der Waals surface area contributed by atoms with Gasteiger partial charge in [-0.25, -0.2) is 4.79 Å². The minimum absolute atomic E-state index is 0.227. The van der Waals surface area contributed by atoms with Crippen LogP contribution in [-0.4, -0.2) is 24.8 Å². The maximum Gasteiger partial charge on any atom is 0.343 e. The van der Waals surface area contributed by atoms with Crippen molar-refractivity contribution in [1.29, 1.82) is 0 Å². The average molecular weight is 343 g/mol. The lowest BCUT2D eigenvalue weighted by Gasteiger charge is -2.25. The molecule has 1 aromatic rings. The van der Waals surface area contributed by atoms with Gasteiger partial charge in [0.2, 0.25) is 0 Å². The third kappa shape index (κ3) is 3.20. The van der Waals surface area contributed by atoms with E-state index in [1.165, 1.54) is 11.1 Å². The van der Waals surface area contributed by atoms with E-state index in [2.05, 4.69) is 38.2 Å². The van der Waals surface area contributed by atoms with E-state index in [1.807, 2.05) is 6.92 Å². The first-order valence-electron chi connectivity index (χ1n) is 9.44. The van der Waals surface area contributed by atoms with Crippen LogP contribution < -0.4 is 5.32 Å². The molecule has 0 bridgehead atoms. The molecule has 4 nitrogen and oxygen atoms in total. The number of hydrogen-bond donors (Lipinski definition) is 1. The highest BCUT2D eigenvalue weighted by atomic mass is 16.6. The second-order valence-electron chi connectivity index (χ2n) is 7.16. The lowest BCUT2D eigenvalue weighted by atomic mass is 9.88. The Morgan fingerprint density at radius 2 is 1.92 bits per heavy atom. The minimum atomic E-state index is -0.551. The molecule has 1 aliphatic carbocycles. The Balaban J connectivity index is 2.15. The molecular formula is C21H29NO3. The van der Waals surface area contributed by atoms with Crippen LogP contribution in [0.5, 0.6) is 0 Å². The largest absolute Gasteiger partial charge is 0.478 e. The molecule has 0 aromatic heterocycles. The summed E-state index contributed by atoms with van der Waals surface area (Å²) in [4.78, 5) is 12.9. The summed E-state index contributed by atoms with van der Waals surface area (Å²) in [6.07, 6.45) is 4.73. The average Bonchev–Trinajstić information content (AvgIpc) is 3.13. The van der Waals surface area contributed by atoms with Crippen molar-refractivity contribution in [2.45, 2.75) is 65.4 Å². The lowest BCUT2D eigenvalue weighted by Crippen LogP contribution is -2.31. The number of rotatable bonds is 6. The molecule has 136 valence electrons. The van der Waals surface area contributed by atoms with E-state index in [1.54, 1.807) is 0 Å². The van der Waals surface area contributed by atoms with Gasteiger partial charge in [-0.1, -0.05) is 31.5 Å². The predicted molar refractivity (Wildman–Crippen MR) is 99.1 cm³/mol. The van der Waals surface area contributed by atoms with Crippen molar-refractivity contribution < 1.29 is 14.3 Å². The third-order valence-electron chi connectivity index (χ3n) is 5.31. The summed E-state index contributed by atoms with van der Waals surface area (Å²) < 4.78 is 12.1. The number of esters is 1. The summed E-state index contributed by atoms with van der Waals surface area (Å²) >= 11 is 0. The molecule has 1 saturated carbocycles. The van der Waals surface area contributed by atoms with Gasteiger partial charge in [-0.15, -0.1) is 0 Å². The number of benzene rings is 1. The summed E-state index contributed by atoms with van der Waals surface area (Å²) in [5, 5.41) is 3.20. The van der Waals surface area contributed by atoms with Crippen molar-refractivity contribution in [3.8, 4) is 0 Å². The summed E-state index contributed by atoms with van der Waals surface area (Å²) in [6.45, 7) is 9.57. The molecular weight excluding hydrogens is 314 g/mol. The zero-order valence-corrected chi connectivity index (χ0v) is 15.8. The molecule has 1 spiro atoms. The number of carbonyl (C=O) groups excluding carboxylic acids is 1. The van der Waals surface area contributed by atoms with Gasteiger partial charge in [0, 0.05) is 0 Å². The van der Waals surface area contributed by atoms with Crippen molar-refractivity contribution >= 4 is 11.5 Å². The van der Waals surface area contributed by atoms with Crippen molar-refractivity contribution in [3.05, 3.63) is 40.1 Å². The van der Waals surface area contributed by atoms with Crippen molar-refractivity contribution in [3.63, 3.8) is 0 Å². The zero-order chi connectivity index (χ0) is 18.0. The van der Waals surface area contributed by atoms with Crippen LogP contribution in [0.25, 0.3) is 5.57 Å². The monoisotopic (exact) mass is 343 g/mol. The first kappa shape index (κ1) is 18.0. The maximum atomic E-state index is 12.9. The Labute approximate surface area is 150 Å². The van der Waals surface area contributed by atoms with Gasteiger partial charge in [0.05, 0.1) is 0 Å². The van der Waals surface area contributed by atoms with E-state index in [9.17, 15) is 4.79 Å². The quantitative estimate of drug-likeness (QED) is 0.481. The lowest BCUT2D eigenvalue weighted by molar-refractivity contribution is -0.146. The smallest absolute Gasteiger partial charge is 0.343 e. The van der Waals surface area contributed by atoms with Gasteiger partial charge in [-0.05, 0) is 69.2 Å². The Hall–Kier alpha value is -1.81. The highest BCUT2D eigenvalue weighted by Gasteiger charge is 2.51. The number of carbonyl (C=O) groups is 1. The standard InChI is InChI=1S/C21H29NO3/c1-5-16-12-14(3)11-15(4)17(16)18-19(24-13-22-6-2)21(25-20(18)23)9-7-8-10-21/h11-12,22H,5-10,13H2,1-4H3. The fourth-order valence-corrected chi connectivity index (χ4v) is 4.21. The van der Waals surface area contributed by atoms with Crippen molar-refractivity contribution in [1.82, 2.24) is 5.32 Å². The summed E-state index contributed by atoms with van der Waals surface area (Å²) in [6, 6.07) is 4.31. The molecule has 1 heterocycles. The SMILES string of the molecule is CCNCOC1=C(c2c(C)cc(C)cc2CC)C(=O)OC12CCCC2. The van der Waals surface area contributed by atoms with Gasteiger partial charge < -0.3 is 9.47 Å². The third-order valence-corrected chi connectivity index (χ3v) is 5.31. The van der Waals surface area contributed by atoms with Crippen LogP contribution in [0, 0.1) is 13.8 Å². The van der Waals surface area contributed by atoms with Crippen LogP contribution >= 0.6 is 0 Å². The molecule has 0 atom stereocenters. The van der Waals surface area contributed by atoms with Gasteiger partial charge in [0.25, 0.3) is 0 Å². The van der Waals surface area contributed by atoms with Gasteiger partial charge in [0.1, 0.15) is 12.3 Å².